The maximum Gasteiger partial charge on any atom is 0.276 e. The van der Waals surface area contributed by atoms with Crippen LogP contribution in [0.2, 0.25) is 0 Å². The van der Waals surface area contributed by atoms with Gasteiger partial charge in [-0.2, -0.15) is 0 Å². The Labute approximate surface area is 154 Å². The number of hydrogen-bond acceptors (Lipinski definition) is 2. The Morgan fingerprint density at radius 1 is 0.800 bits per heavy atom. The van der Waals surface area contributed by atoms with Crippen LogP contribution in [0.25, 0.3) is 0 Å². The average Bonchev–Trinajstić information content (AvgIpc) is 2.28. The molecular formula is C22H37NO2. The predicted molar refractivity (Wildman–Crippen MR) is 107 cm³/mol. The van der Waals surface area contributed by atoms with E-state index >= 15 is 0 Å². The molecule has 0 N–H and O–H groups in total. The van der Waals surface area contributed by atoms with E-state index in [9.17, 15) is 10.1 Å². The van der Waals surface area contributed by atoms with Crippen LogP contribution in [0.15, 0.2) is 6.07 Å². The van der Waals surface area contributed by atoms with Crippen molar-refractivity contribution in [3.8, 4) is 0 Å². The van der Waals surface area contributed by atoms with Crippen LogP contribution < -0.4 is 0 Å². The van der Waals surface area contributed by atoms with Crippen LogP contribution >= 0.6 is 0 Å². The normalized spacial score (nSPS) is 13.2. The Kier molecular flexibility index (Phi) is 6.14. The molecule has 0 aliphatic heterocycles. The molecular weight excluding hydrogens is 310 g/mol. The second kappa shape index (κ2) is 7.09. The third kappa shape index (κ3) is 6.80. The summed E-state index contributed by atoms with van der Waals surface area (Å²) in [6.07, 6.45) is 2.38. The summed E-state index contributed by atoms with van der Waals surface area (Å²) >= 11 is 0. The van der Waals surface area contributed by atoms with Crippen LogP contribution in [0, 0.1) is 33.3 Å². The molecule has 0 amide bonds. The molecule has 0 aliphatic carbocycles. The summed E-state index contributed by atoms with van der Waals surface area (Å²) in [5.41, 5.74) is 4.71. The molecule has 1 aromatic carbocycles. The van der Waals surface area contributed by atoms with Gasteiger partial charge in [0.05, 0.1) is 4.92 Å². The second-order valence-electron chi connectivity index (χ2n) is 11.1. The van der Waals surface area contributed by atoms with Crippen molar-refractivity contribution < 1.29 is 4.92 Å². The van der Waals surface area contributed by atoms with Crippen molar-refractivity contribution in [1.82, 2.24) is 0 Å². The van der Waals surface area contributed by atoms with E-state index in [-0.39, 0.29) is 21.2 Å². The molecule has 0 aliphatic rings. The number of nitro groups is 1. The van der Waals surface area contributed by atoms with Gasteiger partial charge >= 0.3 is 0 Å². The topological polar surface area (TPSA) is 43.1 Å². The first kappa shape index (κ1) is 21.7. The van der Waals surface area contributed by atoms with Crippen LogP contribution in [-0.4, -0.2) is 4.92 Å². The minimum Gasteiger partial charge on any atom is -0.258 e. The fraction of sp³-hybridized carbons (Fsp3) is 0.727. The number of rotatable bonds is 4. The fourth-order valence-electron chi connectivity index (χ4n) is 3.39. The lowest BCUT2D eigenvalue weighted by atomic mass is 9.78. The highest BCUT2D eigenvalue weighted by Crippen LogP contribution is 2.39. The molecule has 0 bridgehead atoms. The Hall–Kier alpha value is -1.38. The monoisotopic (exact) mass is 347 g/mol. The third-order valence-corrected chi connectivity index (χ3v) is 4.20. The van der Waals surface area contributed by atoms with Gasteiger partial charge in [-0.25, -0.2) is 0 Å². The van der Waals surface area contributed by atoms with Gasteiger partial charge < -0.3 is 0 Å². The third-order valence-electron chi connectivity index (χ3n) is 4.20. The predicted octanol–water partition coefficient (Wildman–Crippen LogP) is 6.67. The number of hydrogen-bond donors (Lipinski definition) is 0. The standard InChI is InChI=1S/C22H37NO2/c1-15-16(12-20(2,3)4)11-17(13-21(5,6)7)19(23(24)25)18(15)14-22(8,9)10/h11H,12-14H2,1-10H3. The highest BCUT2D eigenvalue weighted by Gasteiger charge is 2.30. The van der Waals surface area contributed by atoms with Gasteiger partial charge in [0.15, 0.2) is 0 Å². The van der Waals surface area contributed by atoms with Crippen LogP contribution in [0.5, 0.6) is 0 Å². The van der Waals surface area contributed by atoms with E-state index in [0.29, 0.717) is 5.69 Å². The molecule has 0 unspecified atom stereocenters. The first-order valence-corrected chi connectivity index (χ1v) is 9.29. The van der Waals surface area contributed by atoms with Crippen LogP contribution in [0.3, 0.4) is 0 Å². The van der Waals surface area contributed by atoms with Gasteiger partial charge in [0.2, 0.25) is 0 Å². The van der Waals surface area contributed by atoms with Gasteiger partial charge in [-0.15, -0.1) is 0 Å². The number of benzene rings is 1. The quantitative estimate of drug-likeness (QED) is 0.451. The van der Waals surface area contributed by atoms with E-state index in [1.807, 2.05) is 0 Å². The summed E-state index contributed by atoms with van der Waals surface area (Å²) in [6.45, 7) is 21.6. The van der Waals surface area contributed by atoms with Gasteiger partial charge in [0, 0.05) is 11.1 Å². The average molecular weight is 348 g/mol. The van der Waals surface area contributed by atoms with E-state index in [4.69, 9.17) is 0 Å². The summed E-state index contributed by atoms with van der Waals surface area (Å²) in [7, 11) is 0. The highest BCUT2D eigenvalue weighted by atomic mass is 16.6. The molecule has 0 fully saturated rings. The van der Waals surface area contributed by atoms with Gasteiger partial charge in [0.1, 0.15) is 0 Å². The molecule has 3 heteroatoms. The first-order chi connectivity index (χ1) is 11.0. The van der Waals surface area contributed by atoms with Gasteiger partial charge in [0.25, 0.3) is 5.69 Å². The largest absolute Gasteiger partial charge is 0.276 e. The van der Waals surface area contributed by atoms with Crippen molar-refractivity contribution in [3.63, 3.8) is 0 Å². The zero-order valence-electron chi connectivity index (χ0n) is 18.0. The summed E-state index contributed by atoms with van der Waals surface area (Å²) in [5.74, 6) is 0. The Bertz CT molecular complexity index is 638. The van der Waals surface area contributed by atoms with Gasteiger partial charge in [-0.05, 0) is 59.6 Å². The van der Waals surface area contributed by atoms with Crippen molar-refractivity contribution in [3.05, 3.63) is 38.4 Å². The molecule has 3 nitrogen and oxygen atoms in total. The summed E-state index contributed by atoms with van der Waals surface area (Å²) in [6, 6.07) is 2.11. The zero-order valence-corrected chi connectivity index (χ0v) is 18.0. The summed E-state index contributed by atoms with van der Waals surface area (Å²) < 4.78 is 0. The van der Waals surface area contributed by atoms with E-state index in [2.05, 4.69) is 75.3 Å². The Balaban J connectivity index is 3.71. The molecule has 1 aromatic rings. The summed E-state index contributed by atoms with van der Waals surface area (Å²) in [5, 5.41) is 12.0. The van der Waals surface area contributed by atoms with Gasteiger partial charge in [-0.1, -0.05) is 62.3 Å². The van der Waals surface area contributed by atoms with Gasteiger partial charge in [-0.3, -0.25) is 10.1 Å². The van der Waals surface area contributed by atoms with Crippen molar-refractivity contribution in [2.24, 2.45) is 16.2 Å². The van der Waals surface area contributed by atoms with E-state index in [0.717, 1.165) is 36.0 Å². The minimum atomic E-state index is -0.157. The van der Waals surface area contributed by atoms with Crippen LogP contribution in [0.1, 0.15) is 84.6 Å². The molecule has 0 saturated heterocycles. The Morgan fingerprint density at radius 2 is 1.20 bits per heavy atom. The highest BCUT2D eigenvalue weighted by molar-refractivity contribution is 5.56. The molecule has 0 radical (unpaired) electrons. The lowest BCUT2D eigenvalue weighted by Gasteiger charge is -2.27. The van der Waals surface area contributed by atoms with E-state index in [1.165, 1.54) is 5.56 Å². The Morgan fingerprint density at radius 3 is 1.56 bits per heavy atom. The molecule has 1 rings (SSSR count). The maximum atomic E-state index is 12.0. The SMILES string of the molecule is Cc1c(CC(C)(C)C)cc(CC(C)(C)C)c([N+](=O)[O-])c1CC(C)(C)C. The van der Waals surface area contributed by atoms with Crippen molar-refractivity contribution in [2.75, 3.05) is 0 Å². The molecule has 0 heterocycles. The van der Waals surface area contributed by atoms with Crippen molar-refractivity contribution >= 4 is 5.69 Å². The molecule has 142 valence electrons. The van der Waals surface area contributed by atoms with Crippen molar-refractivity contribution in [1.29, 1.82) is 0 Å². The fourth-order valence-corrected chi connectivity index (χ4v) is 3.39. The van der Waals surface area contributed by atoms with E-state index in [1.54, 1.807) is 0 Å². The molecule has 0 aromatic heterocycles. The van der Waals surface area contributed by atoms with E-state index < -0.39 is 0 Å². The lowest BCUT2D eigenvalue weighted by molar-refractivity contribution is -0.386. The molecule has 0 spiro atoms. The second-order valence-corrected chi connectivity index (χ2v) is 11.1. The molecule has 0 atom stereocenters. The van der Waals surface area contributed by atoms with Crippen LogP contribution in [-0.2, 0) is 19.3 Å². The number of nitro benzene ring substituents is 1. The lowest BCUT2D eigenvalue weighted by Crippen LogP contribution is -2.19. The molecule has 25 heavy (non-hydrogen) atoms. The minimum absolute atomic E-state index is 0.00881. The van der Waals surface area contributed by atoms with Crippen LogP contribution in [0.4, 0.5) is 5.69 Å². The van der Waals surface area contributed by atoms with Crippen molar-refractivity contribution in [2.45, 2.75) is 88.5 Å². The summed E-state index contributed by atoms with van der Waals surface area (Å²) in [4.78, 5) is 11.8. The first-order valence-electron chi connectivity index (χ1n) is 9.29. The maximum absolute atomic E-state index is 12.0. The smallest absolute Gasteiger partial charge is 0.258 e. The zero-order chi connectivity index (χ0) is 19.8. The molecule has 0 saturated carbocycles. The number of nitrogens with zero attached hydrogens (tertiary/aromatic N) is 1.